The summed E-state index contributed by atoms with van der Waals surface area (Å²) < 4.78 is 5.30. The molecule has 16 heavy (non-hydrogen) atoms. The number of methoxy groups -OCH3 is 1. The van der Waals surface area contributed by atoms with Crippen LogP contribution in [0.15, 0.2) is 16.6 Å². The maximum absolute atomic E-state index is 11.5. The van der Waals surface area contributed by atoms with Gasteiger partial charge in [-0.15, -0.1) is 0 Å². The Morgan fingerprint density at radius 1 is 1.50 bits per heavy atom. The summed E-state index contributed by atoms with van der Waals surface area (Å²) in [6.07, 6.45) is 0.336. The Labute approximate surface area is 101 Å². The topological polar surface area (TPSA) is 46.6 Å². The van der Waals surface area contributed by atoms with Gasteiger partial charge < -0.3 is 9.64 Å². The average molecular weight is 284 g/mol. The van der Waals surface area contributed by atoms with Gasteiger partial charge in [0.15, 0.2) is 0 Å². The fourth-order valence-electron chi connectivity index (χ4n) is 1.74. The summed E-state index contributed by atoms with van der Waals surface area (Å²) in [5.74, 6) is -0.374. The Bertz CT molecular complexity index is 484. The van der Waals surface area contributed by atoms with Gasteiger partial charge in [0, 0.05) is 17.2 Å². The highest BCUT2D eigenvalue weighted by molar-refractivity contribution is 9.10. The van der Waals surface area contributed by atoms with Gasteiger partial charge in [-0.05, 0) is 33.6 Å². The van der Waals surface area contributed by atoms with Crippen LogP contribution in [-0.2, 0) is 16.0 Å². The standard InChI is InChI=1S/C11H10BrNO3/c1-13-9-5-8(12)7(11(15)16-2)3-6(9)4-10(13)14/h3,5H,4H2,1-2H3. The number of esters is 1. The lowest BCUT2D eigenvalue weighted by atomic mass is 10.1. The number of ether oxygens (including phenoxy) is 1. The van der Waals surface area contributed by atoms with Crippen LogP contribution in [0.4, 0.5) is 5.69 Å². The van der Waals surface area contributed by atoms with Crippen LogP contribution in [0.3, 0.4) is 0 Å². The minimum atomic E-state index is -0.406. The molecule has 2 rings (SSSR count). The number of halogens is 1. The minimum absolute atomic E-state index is 0.0314. The first-order valence-corrected chi connectivity index (χ1v) is 5.51. The Balaban J connectivity index is 2.52. The van der Waals surface area contributed by atoms with Crippen LogP contribution >= 0.6 is 15.9 Å². The van der Waals surface area contributed by atoms with E-state index < -0.39 is 5.97 Å². The van der Waals surface area contributed by atoms with E-state index >= 15 is 0 Å². The number of benzene rings is 1. The molecule has 84 valence electrons. The van der Waals surface area contributed by atoms with E-state index in [0.717, 1.165) is 11.3 Å². The molecule has 5 heteroatoms. The van der Waals surface area contributed by atoms with Crippen molar-refractivity contribution in [3.05, 3.63) is 27.7 Å². The first-order chi connectivity index (χ1) is 7.54. The molecule has 1 aliphatic rings. The molecular formula is C11H10BrNO3. The monoisotopic (exact) mass is 283 g/mol. The predicted molar refractivity (Wildman–Crippen MR) is 62.6 cm³/mol. The number of carbonyl (C=O) groups is 2. The zero-order chi connectivity index (χ0) is 11.9. The second kappa shape index (κ2) is 3.90. The second-order valence-electron chi connectivity index (χ2n) is 3.58. The number of fused-ring (bicyclic) bond motifs is 1. The lowest BCUT2D eigenvalue weighted by molar-refractivity contribution is -0.117. The third kappa shape index (κ3) is 1.61. The van der Waals surface area contributed by atoms with Crippen molar-refractivity contribution in [3.63, 3.8) is 0 Å². The van der Waals surface area contributed by atoms with E-state index in [1.165, 1.54) is 7.11 Å². The largest absolute Gasteiger partial charge is 0.465 e. The van der Waals surface area contributed by atoms with Gasteiger partial charge in [0.1, 0.15) is 0 Å². The molecule has 0 unspecified atom stereocenters. The van der Waals surface area contributed by atoms with Crippen LogP contribution < -0.4 is 4.90 Å². The number of likely N-dealkylation sites (N-methyl/N-ethyl adjacent to an activating group) is 1. The number of carbonyl (C=O) groups excluding carboxylic acids is 2. The van der Waals surface area contributed by atoms with Crippen LogP contribution in [0.2, 0.25) is 0 Å². The van der Waals surface area contributed by atoms with E-state index in [4.69, 9.17) is 0 Å². The summed E-state index contributed by atoms with van der Waals surface area (Å²) in [5, 5.41) is 0. The smallest absolute Gasteiger partial charge is 0.339 e. The molecule has 0 N–H and O–H groups in total. The Hall–Kier alpha value is -1.36. The first kappa shape index (κ1) is 11.1. The summed E-state index contributed by atoms with van der Waals surface area (Å²) in [6, 6.07) is 3.47. The Morgan fingerprint density at radius 2 is 2.19 bits per heavy atom. The summed E-state index contributed by atoms with van der Waals surface area (Å²) in [6.45, 7) is 0. The molecule has 1 amide bonds. The molecule has 1 heterocycles. The van der Waals surface area contributed by atoms with Crippen LogP contribution in [0.1, 0.15) is 15.9 Å². The summed E-state index contributed by atoms with van der Waals surface area (Å²) in [5.41, 5.74) is 2.14. The van der Waals surface area contributed by atoms with Crippen LogP contribution in [0, 0.1) is 0 Å². The van der Waals surface area contributed by atoms with Crippen LogP contribution in [0.25, 0.3) is 0 Å². The molecule has 4 nitrogen and oxygen atoms in total. The molecule has 0 bridgehead atoms. The summed E-state index contributed by atoms with van der Waals surface area (Å²) in [7, 11) is 3.05. The fraction of sp³-hybridized carbons (Fsp3) is 0.273. The third-order valence-corrected chi connectivity index (χ3v) is 3.31. The first-order valence-electron chi connectivity index (χ1n) is 4.72. The molecule has 0 spiro atoms. The van der Waals surface area contributed by atoms with Crippen molar-refractivity contribution in [2.45, 2.75) is 6.42 Å². The molecule has 0 atom stereocenters. The van der Waals surface area contributed by atoms with E-state index in [1.807, 2.05) is 0 Å². The molecule has 0 aromatic heterocycles. The maximum Gasteiger partial charge on any atom is 0.339 e. The van der Waals surface area contributed by atoms with Crippen molar-refractivity contribution >= 4 is 33.5 Å². The predicted octanol–water partition coefficient (Wildman–Crippen LogP) is 1.75. The quantitative estimate of drug-likeness (QED) is 0.738. The van der Waals surface area contributed by atoms with E-state index in [-0.39, 0.29) is 5.91 Å². The van der Waals surface area contributed by atoms with E-state index in [2.05, 4.69) is 20.7 Å². The number of amides is 1. The zero-order valence-corrected chi connectivity index (χ0v) is 10.5. The van der Waals surface area contributed by atoms with Gasteiger partial charge in [-0.3, -0.25) is 4.79 Å². The number of anilines is 1. The molecule has 0 radical (unpaired) electrons. The van der Waals surface area contributed by atoms with Crippen molar-refractivity contribution in [2.75, 3.05) is 19.1 Å². The van der Waals surface area contributed by atoms with Gasteiger partial charge in [-0.1, -0.05) is 0 Å². The van der Waals surface area contributed by atoms with Crippen molar-refractivity contribution in [1.82, 2.24) is 0 Å². The van der Waals surface area contributed by atoms with E-state index in [1.54, 1.807) is 24.1 Å². The zero-order valence-electron chi connectivity index (χ0n) is 8.91. The van der Waals surface area contributed by atoms with Gasteiger partial charge in [0.05, 0.1) is 19.1 Å². The highest BCUT2D eigenvalue weighted by Crippen LogP contribution is 2.33. The van der Waals surface area contributed by atoms with Gasteiger partial charge in [0.2, 0.25) is 5.91 Å². The van der Waals surface area contributed by atoms with Crippen molar-refractivity contribution in [2.24, 2.45) is 0 Å². The van der Waals surface area contributed by atoms with E-state index in [9.17, 15) is 9.59 Å². The highest BCUT2D eigenvalue weighted by Gasteiger charge is 2.26. The summed E-state index contributed by atoms with van der Waals surface area (Å²) in [4.78, 5) is 24.5. The normalized spacial score (nSPS) is 13.9. The second-order valence-corrected chi connectivity index (χ2v) is 4.44. The fourth-order valence-corrected chi connectivity index (χ4v) is 2.24. The van der Waals surface area contributed by atoms with Crippen LogP contribution in [0.5, 0.6) is 0 Å². The van der Waals surface area contributed by atoms with Crippen molar-refractivity contribution in [1.29, 1.82) is 0 Å². The van der Waals surface area contributed by atoms with Gasteiger partial charge in [0.25, 0.3) is 0 Å². The van der Waals surface area contributed by atoms with Gasteiger partial charge in [-0.2, -0.15) is 0 Å². The number of nitrogens with zero attached hydrogens (tertiary/aromatic N) is 1. The number of hydrogen-bond acceptors (Lipinski definition) is 3. The maximum atomic E-state index is 11.5. The lowest BCUT2D eigenvalue weighted by Gasteiger charge is -2.11. The van der Waals surface area contributed by atoms with Crippen molar-refractivity contribution < 1.29 is 14.3 Å². The molecular weight excluding hydrogens is 274 g/mol. The van der Waals surface area contributed by atoms with Gasteiger partial charge >= 0.3 is 5.97 Å². The highest BCUT2D eigenvalue weighted by atomic mass is 79.9. The third-order valence-electron chi connectivity index (χ3n) is 2.65. The average Bonchev–Trinajstić information content (AvgIpc) is 2.53. The SMILES string of the molecule is COC(=O)c1cc2c(cc1Br)N(C)C(=O)C2. The molecule has 1 aromatic carbocycles. The van der Waals surface area contributed by atoms with E-state index in [0.29, 0.717) is 16.5 Å². The molecule has 0 aliphatic carbocycles. The molecule has 0 saturated heterocycles. The Morgan fingerprint density at radius 3 is 2.81 bits per heavy atom. The van der Waals surface area contributed by atoms with Crippen molar-refractivity contribution in [3.8, 4) is 0 Å². The van der Waals surface area contributed by atoms with Crippen LogP contribution in [-0.4, -0.2) is 26.0 Å². The Kier molecular flexibility index (Phi) is 2.71. The minimum Gasteiger partial charge on any atom is -0.465 e. The number of rotatable bonds is 1. The summed E-state index contributed by atoms with van der Waals surface area (Å²) >= 11 is 3.30. The molecule has 0 fully saturated rings. The molecule has 0 saturated carbocycles. The van der Waals surface area contributed by atoms with Gasteiger partial charge in [-0.25, -0.2) is 4.79 Å². The lowest BCUT2D eigenvalue weighted by Crippen LogP contribution is -2.20. The number of hydrogen-bond donors (Lipinski definition) is 0. The molecule has 1 aliphatic heterocycles. The molecule has 1 aromatic rings.